The molecule has 0 aromatic carbocycles. The van der Waals surface area contributed by atoms with Crippen molar-refractivity contribution in [2.24, 2.45) is 0 Å². The molecule has 6 heteroatoms. The lowest BCUT2D eigenvalue weighted by molar-refractivity contribution is 0.580. The zero-order valence-electron chi connectivity index (χ0n) is 7.87. The zero-order valence-corrected chi connectivity index (χ0v) is 10.2. The molecule has 0 unspecified atom stereocenters. The van der Waals surface area contributed by atoms with Crippen molar-refractivity contribution in [3.63, 3.8) is 0 Å². The van der Waals surface area contributed by atoms with E-state index in [1.54, 1.807) is 6.26 Å². The van der Waals surface area contributed by atoms with Crippen molar-refractivity contribution < 1.29 is 4.42 Å². The Labute approximate surface area is 104 Å². The third kappa shape index (κ3) is 1.36. The molecular weight excluding hydrogens is 293 g/mol. The van der Waals surface area contributed by atoms with Gasteiger partial charge in [0, 0.05) is 0 Å². The second-order valence-corrected chi connectivity index (χ2v) is 4.35. The third-order valence-electron chi connectivity index (χ3n) is 2.24. The van der Waals surface area contributed by atoms with Crippen LogP contribution in [0.15, 0.2) is 33.6 Å². The van der Waals surface area contributed by atoms with Gasteiger partial charge >= 0.3 is 0 Å². The lowest BCUT2D eigenvalue weighted by Gasteiger charge is -1.97. The molecular formula is C10H5BrClN3O. The normalized spacial score (nSPS) is 11.1. The molecule has 0 amide bonds. The van der Waals surface area contributed by atoms with Crippen LogP contribution in [0.5, 0.6) is 0 Å². The van der Waals surface area contributed by atoms with Gasteiger partial charge in [-0.3, -0.25) is 0 Å². The minimum atomic E-state index is 0.503. The van der Waals surface area contributed by atoms with Gasteiger partial charge in [-0.05, 0) is 28.1 Å². The fourth-order valence-corrected chi connectivity index (χ4v) is 2.22. The van der Waals surface area contributed by atoms with Gasteiger partial charge < -0.3 is 9.40 Å². The van der Waals surface area contributed by atoms with Crippen LogP contribution < -0.4 is 0 Å². The quantitative estimate of drug-likeness (QED) is 0.746. The van der Waals surface area contributed by atoms with E-state index in [2.05, 4.69) is 30.9 Å². The first-order valence-electron chi connectivity index (χ1n) is 4.49. The monoisotopic (exact) mass is 297 g/mol. The highest BCUT2D eigenvalue weighted by Gasteiger charge is 2.16. The maximum absolute atomic E-state index is 5.98. The molecule has 0 aliphatic carbocycles. The van der Waals surface area contributed by atoms with E-state index in [0.29, 0.717) is 22.3 Å². The minimum absolute atomic E-state index is 0.503. The van der Waals surface area contributed by atoms with E-state index in [-0.39, 0.29) is 0 Å². The first kappa shape index (κ1) is 9.86. The SMILES string of the molecule is Clc1[nH]c2ncnc(-c3ccco3)c2c1Br. The van der Waals surface area contributed by atoms with E-state index < -0.39 is 0 Å². The molecule has 3 rings (SSSR count). The lowest BCUT2D eigenvalue weighted by atomic mass is 10.2. The first-order valence-corrected chi connectivity index (χ1v) is 5.66. The molecule has 0 atom stereocenters. The Balaban J connectivity index is 2.41. The molecule has 1 N–H and O–H groups in total. The molecule has 3 aromatic rings. The number of hydrogen-bond acceptors (Lipinski definition) is 3. The second-order valence-electron chi connectivity index (χ2n) is 3.18. The summed E-state index contributed by atoms with van der Waals surface area (Å²) in [5.41, 5.74) is 1.39. The third-order valence-corrected chi connectivity index (χ3v) is 3.55. The van der Waals surface area contributed by atoms with Crippen LogP contribution in [0.2, 0.25) is 5.15 Å². The Kier molecular flexibility index (Phi) is 2.22. The highest BCUT2D eigenvalue weighted by Crippen LogP contribution is 2.35. The summed E-state index contributed by atoms with van der Waals surface area (Å²) in [5.74, 6) is 0.684. The lowest BCUT2D eigenvalue weighted by Crippen LogP contribution is -1.85. The van der Waals surface area contributed by atoms with E-state index in [0.717, 1.165) is 9.86 Å². The van der Waals surface area contributed by atoms with Crippen molar-refractivity contribution in [2.45, 2.75) is 0 Å². The van der Waals surface area contributed by atoms with Gasteiger partial charge in [0.05, 0.1) is 16.1 Å². The predicted molar refractivity (Wildman–Crippen MR) is 64.3 cm³/mol. The molecule has 0 spiro atoms. The van der Waals surface area contributed by atoms with Crippen LogP contribution in [0.1, 0.15) is 0 Å². The Bertz CT molecular complexity index is 647. The Morgan fingerprint density at radius 3 is 3.00 bits per heavy atom. The summed E-state index contributed by atoms with van der Waals surface area (Å²) in [7, 11) is 0. The maximum atomic E-state index is 5.98. The molecule has 0 fully saturated rings. The predicted octanol–water partition coefficient (Wildman–Crippen LogP) is 3.63. The summed E-state index contributed by atoms with van der Waals surface area (Å²) in [6.45, 7) is 0. The number of H-pyrrole nitrogens is 1. The first-order chi connectivity index (χ1) is 7.77. The molecule has 0 aliphatic heterocycles. The average molecular weight is 299 g/mol. The number of rotatable bonds is 1. The number of nitrogens with one attached hydrogen (secondary N) is 1. The fraction of sp³-hybridized carbons (Fsp3) is 0. The van der Waals surface area contributed by atoms with Crippen LogP contribution in [0.4, 0.5) is 0 Å². The number of aromatic nitrogens is 3. The topological polar surface area (TPSA) is 54.7 Å². The van der Waals surface area contributed by atoms with E-state index in [4.69, 9.17) is 16.0 Å². The Morgan fingerprint density at radius 2 is 2.25 bits per heavy atom. The van der Waals surface area contributed by atoms with Crippen LogP contribution >= 0.6 is 27.5 Å². The van der Waals surface area contributed by atoms with Crippen molar-refractivity contribution in [1.82, 2.24) is 15.0 Å². The smallest absolute Gasteiger partial charge is 0.153 e. The molecule has 16 heavy (non-hydrogen) atoms. The molecule has 0 bridgehead atoms. The number of furan rings is 1. The van der Waals surface area contributed by atoms with Crippen molar-refractivity contribution in [3.8, 4) is 11.5 Å². The van der Waals surface area contributed by atoms with Crippen LogP contribution in [0.25, 0.3) is 22.5 Å². The van der Waals surface area contributed by atoms with Crippen molar-refractivity contribution in [3.05, 3.63) is 34.3 Å². The van der Waals surface area contributed by atoms with Crippen LogP contribution in [-0.4, -0.2) is 15.0 Å². The van der Waals surface area contributed by atoms with E-state index >= 15 is 0 Å². The highest BCUT2D eigenvalue weighted by molar-refractivity contribution is 9.10. The van der Waals surface area contributed by atoms with Crippen LogP contribution in [-0.2, 0) is 0 Å². The van der Waals surface area contributed by atoms with Crippen molar-refractivity contribution in [1.29, 1.82) is 0 Å². The summed E-state index contributed by atoms with van der Waals surface area (Å²) in [6.07, 6.45) is 3.07. The van der Waals surface area contributed by atoms with Gasteiger partial charge in [-0.15, -0.1) is 0 Å². The number of aromatic amines is 1. The van der Waals surface area contributed by atoms with Crippen molar-refractivity contribution in [2.75, 3.05) is 0 Å². The van der Waals surface area contributed by atoms with E-state index in [1.165, 1.54) is 6.33 Å². The number of nitrogens with zero attached hydrogens (tertiary/aromatic N) is 2. The number of fused-ring (bicyclic) bond motifs is 1. The molecule has 0 aliphatic rings. The molecule has 0 saturated heterocycles. The van der Waals surface area contributed by atoms with E-state index in [1.807, 2.05) is 12.1 Å². The average Bonchev–Trinajstić information content (AvgIpc) is 2.88. The standard InChI is InChI=1S/C10H5BrClN3O/c11-7-6-8(5-2-1-3-16-5)13-4-14-10(6)15-9(7)12/h1-4H,(H,13,14,15). The molecule has 80 valence electrons. The Hall–Kier alpha value is -1.33. The van der Waals surface area contributed by atoms with Crippen molar-refractivity contribution >= 4 is 38.6 Å². The Morgan fingerprint density at radius 1 is 1.38 bits per heavy atom. The van der Waals surface area contributed by atoms with Crippen LogP contribution in [0.3, 0.4) is 0 Å². The molecule has 3 aromatic heterocycles. The van der Waals surface area contributed by atoms with Gasteiger partial charge in [-0.2, -0.15) is 0 Å². The maximum Gasteiger partial charge on any atom is 0.153 e. The molecule has 3 heterocycles. The zero-order chi connectivity index (χ0) is 11.1. The number of halogens is 2. The van der Waals surface area contributed by atoms with Gasteiger partial charge in [0.15, 0.2) is 5.76 Å². The summed E-state index contributed by atoms with van der Waals surface area (Å²) in [5, 5.41) is 1.32. The molecule has 0 saturated carbocycles. The summed E-state index contributed by atoms with van der Waals surface area (Å²) in [4.78, 5) is 11.3. The number of hydrogen-bond donors (Lipinski definition) is 1. The molecule has 0 radical (unpaired) electrons. The summed E-state index contributed by atoms with van der Waals surface area (Å²) >= 11 is 9.39. The minimum Gasteiger partial charge on any atom is -0.463 e. The van der Waals surface area contributed by atoms with Gasteiger partial charge in [0.1, 0.15) is 22.8 Å². The van der Waals surface area contributed by atoms with Gasteiger partial charge in [0.2, 0.25) is 0 Å². The summed E-state index contributed by atoms with van der Waals surface area (Å²) < 4.78 is 6.07. The second kappa shape index (κ2) is 3.61. The van der Waals surface area contributed by atoms with Gasteiger partial charge in [-0.1, -0.05) is 11.6 Å². The van der Waals surface area contributed by atoms with E-state index in [9.17, 15) is 0 Å². The highest BCUT2D eigenvalue weighted by atomic mass is 79.9. The van der Waals surface area contributed by atoms with Gasteiger partial charge in [0.25, 0.3) is 0 Å². The molecule has 4 nitrogen and oxygen atoms in total. The fourth-order valence-electron chi connectivity index (χ4n) is 1.56. The summed E-state index contributed by atoms with van der Waals surface area (Å²) in [6, 6.07) is 3.65. The van der Waals surface area contributed by atoms with Gasteiger partial charge in [-0.25, -0.2) is 9.97 Å². The van der Waals surface area contributed by atoms with Crippen LogP contribution in [0, 0.1) is 0 Å². The largest absolute Gasteiger partial charge is 0.463 e.